The lowest BCUT2D eigenvalue weighted by Crippen LogP contribution is -2.31. The summed E-state index contributed by atoms with van der Waals surface area (Å²) in [5, 5.41) is 0. The normalized spacial score (nSPS) is 13.9. The van der Waals surface area contributed by atoms with Crippen LogP contribution in [0, 0.1) is 5.82 Å². The van der Waals surface area contributed by atoms with Crippen LogP contribution in [0.5, 0.6) is 0 Å². The smallest absolute Gasteiger partial charge is 0.242 e. The highest BCUT2D eigenvalue weighted by atomic mass is 32.2. The molecule has 3 rings (SSSR count). The topological polar surface area (TPSA) is 57.7 Å². The molecule has 1 heterocycles. The first-order valence-electron chi connectivity index (χ1n) is 8.50. The SMILES string of the molecule is CN(CCCC(=O)N1CCc2ccccc21)S(=O)(=O)c1ccc(F)cc1. The highest BCUT2D eigenvalue weighted by Gasteiger charge is 2.25. The quantitative estimate of drug-likeness (QED) is 0.779. The van der Waals surface area contributed by atoms with Gasteiger partial charge in [0.15, 0.2) is 0 Å². The molecular weight excluding hydrogens is 355 g/mol. The number of carbonyl (C=O) groups is 1. The molecule has 5 nitrogen and oxygen atoms in total. The molecule has 0 N–H and O–H groups in total. The summed E-state index contributed by atoms with van der Waals surface area (Å²) in [6, 6.07) is 12.6. The average molecular weight is 376 g/mol. The Labute approximate surface area is 153 Å². The summed E-state index contributed by atoms with van der Waals surface area (Å²) in [6.45, 7) is 0.892. The molecule has 26 heavy (non-hydrogen) atoms. The summed E-state index contributed by atoms with van der Waals surface area (Å²) < 4.78 is 39.1. The van der Waals surface area contributed by atoms with Gasteiger partial charge in [-0.1, -0.05) is 18.2 Å². The van der Waals surface area contributed by atoms with Crippen LogP contribution in [0.3, 0.4) is 0 Å². The van der Waals surface area contributed by atoms with Crippen LogP contribution in [0.15, 0.2) is 53.4 Å². The molecule has 7 heteroatoms. The second kappa shape index (κ2) is 7.55. The predicted octanol–water partition coefficient (Wildman–Crippen LogP) is 2.82. The van der Waals surface area contributed by atoms with Gasteiger partial charge in [0.25, 0.3) is 0 Å². The minimum atomic E-state index is -3.68. The number of carbonyl (C=O) groups excluding carboxylic acids is 1. The third-order valence-corrected chi connectivity index (χ3v) is 6.44. The third-order valence-electron chi connectivity index (χ3n) is 4.57. The van der Waals surface area contributed by atoms with Crippen molar-refractivity contribution in [1.82, 2.24) is 4.31 Å². The second-order valence-corrected chi connectivity index (χ2v) is 8.35. The summed E-state index contributed by atoms with van der Waals surface area (Å²) >= 11 is 0. The molecule has 0 saturated heterocycles. The van der Waals surface area contributed by atoms with Gasteiger partial charge in [-0.3, -0.25) is 4.79 Å². The van der Waals surface area contributed by atoms with Gasteiger partial charge >= 0.3 is 0 Å². The zero-order valence-electron chi connectivity index (χ0n) is 14.6. The summed E-state index contributed by atoms with van der Waals surface area (Å²) in [5.74, 6) is -0.481. The monoisotopic (exact) mass is 376 g/mol. The van der Waals surface area contributed by atoms with E-state index in [2.05, 4.69) is 0 Å². The molecule has 0 bridgehead atoms. The van der Waals surface area contributed by atoms with Gasteiger partial charge in [-0.15, -0.1) is 0 Å². The molecule has 0 atom stereocenters. The van der Waals surface area contributed by atoms with Crippen LogP contribution in [0.1, 0.15) is 18.4 Å². The molecule has 2 aromatic rings. The van der Waals surface area contributed by atoms with Gasteiger partial charge in [-0.25, -0.2) is 17.1 Å². The van der Waals surface area contributed by atoms with E-state index in [1.54, 1.807) is 4.90 Å². The van der Waals surface area contributed by atoms with Gasteiger partial charge in [-0.05, 0) is 48.7 Å². The van der Waals surface area contributed by atoms with Crippen LogP contribution in [-0.2, 0) is 21.2 Å². The lowest BCUT2D eigenvalue weighted by atomic mass is 10.2. The van der Waals surface area contributed by atoms with E-state index in [0.717, 1.165) is 29.8 Å². The zero-order chi connectivity index (χ0) is 18.7. The molecular formula is C19H21FN2O3S. The van der Waals surface area contributed by atoms with E-state index < -0.39 is 15.8 Å². The molecule has 2 aromatic carbocycles. The summed E-state index contributed by atoms with van der Waals surface area (Å²) in [5.41, 5.74) is 2.11. The molecule has 0 aliphatic carbocycles. The number of para-hydroxylation sites is 1. The Morgan fingerprint density at radius 3 is 2.58 bits per heavy atom. The number of fused-ring (bicyclic) bond motifs is 1. The molecule has 0 spiro atoms. The second-order valence-electron chi connectivity index (χ2n) is 6.31. The highest BCUT2D eigenvalue weighted by Crippen LogP contribution is 2.28. The van der Waals surface area contributed by atoms with Crippen LogP contribution >= 0.6 is 0 Å². The Balaban J connectivity index is 1.56. The van der Waals surface area contributed by atoms with E-state index in [9.17, 15) is 17.6 Å². The molecule has 0 aromatic heterocycles. The van der Waals surface area contributed by atoms with Crippen LogP contribution in [0.25, 0.3) is 0 Å². The molecule has 0 radical (unpaired) electrons. The average Bonchev–Trinajstić information content (AvgIpc) is 3.06. The van der Waals surface area contributed by atoms with E-state index in [4.69, 9.17) is 0 Å². The molecule has 0 saturated carbocycles. The molecule has 0 fully saturated rings. The predicted molar refractivity (Wildman–Crippen MR) is 97.9 cm³/mol. The number of nitrogens with zero attached hydrogens (tertiary/aromatic N) is 2. The van der Waals surface area contributed by atoms with E-state index in [1.165, 1.54) is 23.5 Å². The van der Waals surface area contributed by atoms with Gasteiger partial charge in [-0.2, -0.15) is 0 Å². The van der Waals surface area contributed by atoms with Gasteiger partial charge in [0.1, 0.15) is 5.82 Å². The summed E-state index contributed by atoms with van der Waals surface area (Å²) in [7, 11) is -2.21. The summed E-state index contributed by atoms with van der Waals surface area (Å²) in [6.07, 6.45) is 1.55. The van der Waals surface area contributed by atoms with Gasteiger partial charge in [0, 0.05) is 32.2 Å². The van der Waals surface area contributed by atoms with Crippen LogP contribution in [-0.4, -0.2) is 38.8 Å². The minimum absolute atomic E-state index is 0.00234. The van der Waals surface area contributed by atoms with E-state index >= 15 is 0 Å². The van der Waals surface area contributed by atoms with E-state index in [-0.39, 0.29) is 23.8 Å². The van der Waals surface area contributed by atoms with Crippen molar-refractivity contribution < 1.29 is 17.6 Å². The number of rotatable bonds is 6. The molecule has 1 aliphatic rings. The number of amides is 1. The van der Waals surface area contributed by atoms with Gasteiger partial charge in [0.05, 0.1) is 4.90 Å². The van der Waals surface area contributed by atoms with Crippen LogP contribution in [0.4, 0.5) is 10.1 Å². The Kier molecular flexibility index (Phi) is 5.38. The van der Waals surface area contributed by atoms with Crippen molar-refractivity contribution in [2.45, 2.75) is 24.2 Å². The number of hydrogen-bond acceptors (Lipinski definition) is 3. The van der Waals surface area contributed by atoms with Crippen molar-refractivity contribution in [2.75, 3.05) is 25.0 Å². The Hall–Kier alpha value is -2.25. The van der Waals surface area contributed by atoms with Crippen molar-refractivity contribution in [1.29, 1.82) is 0 Å². The number of sulfonamides is 1. The van der Waals surface area contributed by atoms with Crippen LogP contribution < -0.4 is 4.90 Å². The highest BCUT2D eigenvalue weighted by molar-refractivity contribution is 7.89. The maximum atomic E-state index is 13.0. The number of anilines is 1. The number of benzene rings is 2. The first-order valence-corrected chi connectivity index (χ1v) is 9.94. The van der Waals surface area contributed by atoms with Crippen LogP contribution in [0.2, 0.25) is 0 Å². The van der Waals surface area contributed by atoms with E-state index in [0.29, 0.717) is 13.0 Å². The molecule has 1 amide bonds. The third kappa shape index (κ3) is 3.78. The Bertz CT molecular complexity index is 897. The fraction of sp³-hybridized carbons (Fsp3) is 0.316. The van der Waals surface area contributed by atoms with Gasteiger partial charge in [0.2, 0.25) is 15.9 Å². The standard InChI is InChI=1S/C19H21FN2O3S/c1-21(26(24,25)17-10-8-16(20)9-11-17)13-4-7-19(23)22-14-12-15-5-2-3-6-18(15)22/h2-3,5-6,8-11H,4,7,12-14H2,1H3. The fourth-order valence-corrected chi connectivity index (χ4v) is 4.30. The van der Waals surface area contributed by atoms with Crippen molar-refractivity contribution in [2.24, 2.45) is 0 Å². The molecule has 138 valence electrons. The molecule has 1 aliphatic heterocycles. The largest absolute Gasteiger partial charge is 0.312 e. The number of hydrogen-bond donors (Lipinski definition) is 0. The summed E-state index contributed by atoms with van der Waals surface area (Å²) in [4.78, 5) is 14.3. The van der Waals surface area contributed by atoms with Gasteiger partial charge < -0.3 is 4.90 Å². The Morgan fingerprint density at radius 2 is 1.85 bits per heavy atom. The van der Waals surface area contributed by atoms with Crippen molar-refractivity contribution in [3.8, 4) is 0 Å². The van der Waals surface area contributed by atoms with Crippen molar-refractivity contribution in [3.05, 3.63) is 59.9 Å². The molecule has 0 unspecified atom stereocenters. The fourth-order valence-electron chi connectivity index (χ4n) is 3.09. The minimum Gasteiger partial charge on any atom is -0.312 e. The van der Waals surface area contributed by atoms with E-state index in [1.807, 2.05) is 24.3 Å². The number of halogens is 1. The maximum Gasteiger partial charge on any atom is 0.242 e. The lowest BCUT2D eigenvalue weighted by molar-refractivity contribution is -0.118. The first kappa shape index (κ1) is 18.5. The zero-order valence-corrected chi connectivity index (χ0v) is 15.4. The Morgan fingerprint density at radius 1 is 1.15 bits per heavy atom. The van der Waals surface area contributed by atoms with Crippen molar-refractivity contribution in [3.63, 3.8) is 0 Å². The lowest BCUT2D eigenvalue weighted by Gasteiger charge is -2.19. The maximum absolute atomic E-state index is 13.0. The van der Waals surface area contributed by atoms with Crippen molar-refractivity contribution >= 4 is 21.6 Å². The first-order chi connectivity index (χ1) is 12.4.